The molecule has 0 fully saturated rings. The zero-order valence-electron chi connectivity index (χ0n) is 11.0. The van der Waals surface area contributed by atoms with Crippen LogP contribution in [0.15, 0.2) is 48.5 Å². The summed E-state index contributed by atoms with van der Waals surface area (Å²) in [6.45, 7) is 2.03. The number of para-hydroxylation sites is 1. The molecule has 4 nitrogen and oxygen atoms in total. The van der Waals surface area contributed by atoms with Gasteiger partial charge in [-0.15, -0.1) is 5.10 Å². The van der Waals surface area contributed by atoms with Crippen LogP contribution in [0.5, 0.6) is 0 Å². The number of fused-ring (bicyclic) bond motifs is 1. The van der Waals surface area contributed by atoms with Gasteiger partial charge in [-0.05, 0) is 30.7 Å². The first-order chi connectivity index (χ1) is 9.78. The lowest BCUT2D eigenvalue weighted by Gasteiger charge is -2.00. The summed E-state index contributed by atoms with van der Waals surface area (Å²) in [7, 11) is 0. The van der Waals surface area contributed by atoms with Crippen LogP contribution in [0, 0.1) is 18.3 Å². The molecule has 4 heteroatoms. The summed E-state index contributed by atoms with van der Waals surface area (Å²) in [4.78, 5) is 0. The second-order valence-electron chi connectivity index (χ2n) is 4.54. The Bertz CT molecular complexity index is 820. The molecular formula is C16H12N4. The Kier molecular flexibility index (Phi) is 3.02. The van der Waals surface area contributed by atoms with Gasteiger partial charge in [0.15, 0.2) is 0 Å². The van der Waals surface area contributed by atoms with E-state index in [0.717, 1.165) is 16.6 Å². The van der Waals surface area contributed by atoms with Crippen molar-refractivity contribution < 1.29 is 0 Å². The van der Waals surface area contributed by atoms with Gasteiger partial charge in [0.1, 0.15) is 17.3 Å². The maximum atomic E-state index is 9.37. The number of hydrogen-bond acceptors (Lipinski definition) is 3. The number of allylic oxidation sites excluding steroid dienone is 1. The molecule has 1 heterocycles. The summed E-state index contributed by atoms with van der Waals surface area (Å²) < 4.78 is 1.56. The molecule has 0 saturated heterocycles. The van der Waals surface area contributed by atoms with Crippen molar-refractivity contribution >= 4 is 22.8 Å². The van der Waals surface area contributed by atoms with Gasteiger partial charge < -0.3 is 0 Å². The van der Waals surface area contributed by atoms with E-state index in [1.807, 2.05) is 55.5 Å². The van der Waals surface area contributed by atoms with Crippen molar-refractivity contribution in [3.63, 3.8) is 0 Å². The Labute approximate surface area is 116 Å². The topological polar surface area (TPSA) is 54.5 Å². The summed E-state index contributed by atoms with van der Waals surface area (Å²) in [5.41, 5.74) is 4.20. The number of nitriles is 1. The maximum absolute atomic E-state index is 9.37. The summed E-state index contributed by atoms with van der Waals surface area (Å²) in [6.07, 6.45) is 1.81. The quantitative estimate of drug-likeness (QED) is 0.664. The van der Waals surface area contributed by atoms with E-state index in [-0.39, 0.29) is 0 Å². The Balaban J connectivity index is 2.10. The van der Waals surface area contributed by atoms with Crippen LogP contribution in [0.25, 0.3) is 22.8 Å². The molecule has 0 spiro atoms. The number of aryl methyl sites for hydroxylation is 1. The molecule has 0 unspecified atom stereocenters. The molecule has 3 rings (SSSR count). The molecule has 0 radical (unpaired) electrons. The van der Waals surface area contributed by atoms with Gasteiger partial charge >= 0.3 is 0 Å². The predicted molar refractivity (Wildman–Crippen MR) is 78.5 cm³/mol. The highest BCUT2D eigenvalue weighted by molar-refractivity contribution is 5.86. The van der Waals surface area contributed by atoms with Crippen LogP contribution in [0.4, 0.5) is 0 Å². The third-order valence-corrected chi connectivity index (χ3v) is 3.08. The average Bonchev–Trinajstić information content (AvgIpc) is 2.91. The van der Waals surface area contributed by atoms with E-state index < -0.39 is 0 Å². The molecule has 0 atom stereocenters. The highest BCUT2D eigenvalue weighted by Gasteiger charge is 2.07. The first kappa shape index (κ1) is 12.1. The molecule has 96 valence electrons. The van der Waals surface area contributed by atoms with Crippen molar-refractivity contribution in [2.75, 3.05) is 0 Å². The summed E-state index contributed by atoms with van der Waals surface area (Å²) in [5.74, 6) is 0. The van der Waals surface area contributed by atoms with Gasteiger partial charge in [-0.2, -0.15) is 5.26 Å². The second-order valence-corrected chi connectivity index (χ2v) is 4.54. The van der Waals surface area contributed by atoms with E-state index >= 15 is 0 Å². The van der Waals surface area contributed by atoms with Gasteiger partial charge in [-0.1, -0.05) is 47.2 Å². The molecule has 2 aromatic carbocycles. The van der Waals surface area contributed by atoms with Crippen LogP contribution in [0.3, 0.4) is 0 Å². The zero-order valence-corrected chi connectivity index (χ0v) is 11.0. The zero-order chi connectivity index (χ0) is 13.9. The van der Waals surface area contributed by atoms with Crippen LogP contribution in [0.2, 0.25) is 0 Å². The minimum atomic E-state index is 0.447. The largest absolute Gasteiger partial charge is 0.202 e. The van der Waals surface area contributed by atoms with Crippen molar-refractivity contribution in [1.82, 2.24) is 15.0 Å². The number of rotatable bonds is 2. The Morgan fingerprint density at radius 1 is 1.15 bits per heavy atom. The number of benzene rings is 2. The summed E-state index contributed by atoms with van der Waals surface area (Å²) in [6, 6.07) is 17.7. The van der Waals surface area contributed by atoms with E-state index in [1.165, 1.54) is 5.56 Å². The lowest BCUT2D eigenvalue weighted by atomic mass is 10.1. The van der Waals surface area contributed by atoms with Gasteiger partial charge in [0.25, 0.3) is 0 Å². The fourth-order valence-corrected chi connectivity index (χ4v) is 2.01. The van der Waals surface area contributed by atoms with E-state index in [1.54, 1.807) is 10.8 Å². The Morgan fingerprint density at radius 3 is 2.65 bits per heavy atom. The summed E-state index contributed by atoms with van der Waals surface area (Å²) in [5, 5.41) is 17.5. The third-order valence-electron chi connectivity index (χ3n) is 3.08. The van der Waals surface area contributed by atoms with Crippen LogP contribution in [-0.2, 0) is 0 Å². The van der Waals surface area contributed by atoms with Crippen molar-refractivity contribution in [2.24, 2.45) is 0 Å². The van der Waals surface area contributed by atoms with Gasteiger partial charge in [-0.3, -0.25) is 0 Å². The second kappa shape index (κ2) is 4.98. The Hall–Kier alpha value is -2.93. The van der Waals surface area contributed by atoms with E-state index in [4.69, 9.17) is 0 Å². The van der Waals surface area contributed by atoms with E-state index in [9.17, 15) is 5.26 Å². The molecule has 3 aromatic rings. The third kappa shape index (κ3) is 2.17. The van der Waals surface area contributed by atoms with Crippen LogP contribution >= 0.6 is 0 Å². The SMILES string of the molecule is Cc1ccc(C=C(C#N)n2nnc3ccccc32)cc1. The number of aromatic nitrogens is 3. The van der Waals surface area contributed by atoms with Gasteiger partial charge in [0, 0.05) is 0 Å². The minimum absolute atomic E-state index is 0.447. The van der Waals surface area contributed by atoms with Crippen molar-refractivity contribution in [3.05, 3.63) is 59.7 Å². The molecule has 0 N–H and O–H groups in total. The highest BCUT2D eigenvalue weighted by atomic mass is 15.4. The molecule has 0 aliphatic rings. The Morgan fingerprint density at radius 2 is 1.90 bits per heavy atom. The first-order valence-electron chi connectivity index (χ1n) is 6.27. The van der Waals surface area contributed by atoms with E-state index in [0.29, 0.717) is 5.70 Å². The highest BCUT2D eigenvalue weighted by Crippen LogP contribution is 2.17. The molecule has 0 aliphatic carbocycles. The van der Waals surface area contributed by atoms with Crippen LogP contribution in [0.1, 0.15) is 11.1 Å². The van der Waals surface area contributed by atoms with Crippen molar-refractivity contribution in [2.45, 2.75) is 6.92 Å². The number of nitrogens with zero attached hydrogens (tertiary/aromatic N) is 4. The monoisotopic (exact) mass is 260 g/mol. The first-order valence-corrected chi connectivity index (χ1v) is 6.27. The average molecular weight is 260 g/mol. The van der Waals surface area contributed by atoms with Gasteiger partial charge in [0.2, 0.25) is 0 Å². The predicted octanol–water partition coefficient (Wildman–Crippen LogP) is 3.26. The summed E-state index contributed by atoms with van der Waals surface area (Å²) >= 11 is 0. The minimum Gasteiger partial charge on any atom is -0.202 e. The molecule has 0 amide bonds. The molecule has 0 aliphatic heterocycles. The number of hydrogen-bond donors (Lipinski definition) is 0. The normalized spacial score (nSPS) is 11.5. The molecule has 0 saturated carbocycles. The van der Waals surface area contributed by atoms with Gasteiger partial charge in [-0.25, -0.2) is 4.68 Å². The van der Waals surface area contributed by atoms with Crippen LogP contribution < -0.4 is 0 Å². The van der Waals surface area contributed by atoms with Crippen molar-refractivity contribution in [1.29, 1.82) is 5.26 Å². The lowest BCUT2D eigenvalue weighted by Crippen LogP contribution is -1.97. The standard InChI is InChI=1S/C16H12N4/c1-12-6-8-13(9-7-12)10-14(11-17)20-16-5-3-2-4-15(16)18-19-20/h2-10H,1H3. The fraction of sp³-hybridized carbons (Fsp3) is 0.0625. The molecule has 20 heavy (non-hydrogen) atoms. The molecule has 1 aromatic heterocycles. The van der Waals surface area contributed by atoms with Gasteiger partial charge in [0.05, 0.1) is 5.52 Å². The van der Waals surface area contributed by atoms with E-state index in [2.05, 4.69) is 16.4 Å². The maximum Gasteiger partial charge on any atom is 0.145 e. The molecular weight excluding hydrogens is 248 g/mol. The van der Waals surface area contributed by atoms with Crippen molar-refractivity contribution in [3.8, 4) is 6.07 Å². The van der Waals surface area contributed by atoms with Crippen LogP contribution in [-0.4, -0.2) is 15.0 Å². The smallest absolute Gasteiger partial charge is 0.145 e. The lowest BCUT2D eigenvalue weighted by molar-refractivity contribution is 0.848. The fourth-order valence-electron chi connectivity index (χ4n) is 2.01. The molecule has 0 bridgehead atoms.